The van der Waals surface area contributed by atoms with Gasteiger partial charge in [0.05, 0.1) is 34.0 Å². The number of aliphatic hydroxyl groups is 1. The molecule has 3 aromatic rings. The Labute approximate surface area is 191 Å². The maximum absolute atomic E-state index is 15.0. The number of nitrogens with one attached hydrogen (secondary N) is 1. The molecule has 1 fully saturated rings. The molecule has 2 N–H and O–H groups in total. The van der Waals surface area contributed by atoms with E-state index in [0.29, 0.717) is 31.4 Å². The Morgan fingerprint density at radius 1 is 1.18 bits per heavy atom. The average Bonchev–Trinajstić information content (AvgIpc) is 2.70. The topological polar surface area (TPSA) is 96.7 Å². The molecule has 0 aliphatic heterocycles. The summed E-state index contributed by atoms with van der Waals surface area (Å²) in [6.07, 6.45) is 6.48. The minimum Gasteiger partial charge on any atom is -0.488 e. The number of hydrogen-bond donors (Lipinski definition) is 2. The molecule has 2 aromatic carbocycles. The van der Waals surface area contributed by atoms with Gasteiger partial charge in [0.25, 0.3) is 0 Å². The molecule has 176 valence electrons. The largest absolute Gasteiger partial charge is 0.488 e. The molecule has 4 rings (SSSR count). The van der Waals surface area contributed by atoms with Crippen molar-refractivity contribution in [1.29, 1.82) is 0 Å². The molecule has 33 heavy (non-hydrogen) atoms. The van der Waals surface area contributed by atoms with Crippen LogP contribution in [0.2, 0.25) is 0 Å². The Kier molecular flexibility index (Phi) is 6.24. The molecule has 7 nitrogen and oxygen atoms in total. The molecule has 1 heterocycles. The fraction of sp³-hybridized carbons (Fsp3) is 0.391. The number of aromatic nitrogens is 2. The monoisotopic (exact) mass is 476 g/mol. The van der Waals surface area contributed by atoms with Crippen LogP contribution in [0.4, 0.5) is 26.0 Å². The van der Waals surface area contributed by atoms with Crippen LogP contribution in [0.15, 0.2) is 41.0 Å². The average molecular weight is 477 g/mol. The van der Waals surface area contributed by atoms with E-state index in [1.54, 1.807) is 6.92 Å². The van der Waals surface area contributed by atoms with E-state index < -0.39 is 27.0 Å². The Hall–Kier alpha value is -2.85. The van der Waals surface area contributed by atoms with Crippen molar-refractivity contribution >= 4 is 37.8 Å². The summed E-state index contributed by atoms with van der Waals surface area (Å²) in [6, 6.07) is 6.76. The van der Waals surface area contributed by atoms with E-state index in [1.165, 1.54) is 49.2 Å². The Bertz CT molecular complexity index is 1300. The van der Waals surface area contributed by atoms with Gasteiger partial charge >= 0.3 is 0 Å². The molecule has 0 unspecified atom stereocenters. The maximum atomic E-state index is 15.0. The van der Waals surface area contributed by atoms with Crippen LogP contribution in [0.5, 0.6) is 5.75 Å². The zero-order valence-electron chi connectivity index (χ0n) is 18.6. The van der Waals surface area contributed by atoms with Crippen LogP contribution >= 0.6 is 0 Å². The molecule has 0 amide bonds. The highest BCUT2D eigenvalue weighted by Crippen LogP contribution is 2.36. The second-order valence-corrected chi connectivity index (χ2v) is 11.4. The van der Waals surface area contributed by atoms with Crippen LogP contribution < -0.4 is 10.1 Å². The van der Waals surface area contributed by atoms with Gasteiger partial charge in [0, 0.05) is 34.4 Å². The van der Waals surface area contributed by atoms with E-state index in [-0.39, 0.29) is 34.3 Å². The summed E-state index contributed by atoms with van der Waals surface area (Å²) in [6.45, 7) is 1.80. The first-order chi connectivity index (χ1) is 15.5. The van der Waals surface area contributed by atoms with Crippen molar-refractivity contribution in [3.8, 4) is 5.75 Å². The number of hydrogen-bond acceptors (Lipinski definition) is 7. The Morgan fingerprint density at radius 3 is 2.61 bits per heavy atom. The molecule has 1 saturated carbocycles. The van der Waals surface area contributed by atoms with Crippen molar-refractivity contribution < 1.29 is 22.8 Å². The number of ether oxygens (including phenoxy) is 1. The lowest BCUT2D eigenvalue weighted by atomic mass is 9.85. The minimum absolute atomic E-state index is 0.124. The van der Waals surface area contributed by atoms with Crippen molar-refractivity contribution in [1.82, 2.24) is 9.97 Å². The molecule has 0 atom stereocenters. The van der Waals surface area contributed by atoms with Gasteiger partial charge in [0.1, 0.15) is 29.5 Å². The maximum Gasteiger partial charge on any atom is 0.146 e. The predicted molar refractivity (Wildman–Crippen MR) is 125 cm³/mol. The van der Waals surface area contributed by atoms with Gasteiger partial charge in [-0.2, -0.15) is 4.36 Å². The third kappa shape index (κ3) is 5.75. The van der Waals surface area contributed by atoms with Crippen LogP contribution in [0.1, 0.15) is 32.6 Å². The second kappa shape index (κ2) is 8.83. The fourth-order valence-corrected chi connectivity index (χ4v) is 4.48. The van der Waals surface area contributed by atoms with Gasteiger partial charge in [0.15, 0.2) is 0 Å². The molecule has 0 saturated heterocycles. The van der Waals surface area contributed by atoms with E-state index >= 15 is 4.39 Å². The highest BCUT2D eigenvalue weighted by atomic mass is 32.2. The molecule has 1 aliphatic rings. The van der Waals surface area contributed by atoms with Gasteiger partial charge in [-0.3, -0.25) is 0 Å². The Morgan fingerprint density at radius 2 is 1.91 bits per heavy atom. The summed E-state index contributed by atoms with van der Waals surface area (Å²) in [4.78, 5) is 8.28. The predicted octanol–water partition coefficient (Wildman–Crippen LogP) is 5.08. The number of benzene rings is 2. The number of nitrogens with zero attached hydrogens (tertiary/aromatic N) is 3. The van der Waals surface area contributed by atoms with Gasteiger partial charge in [-0.25, -0.2) is 23.0 Å². The van der Waals surface area contributed by atoms with E-state index in [2.05, 4.69) is 19.6 Å². The number of rotatable bonds is 5. The van der Waals surface area contributed by atoms with E-state index in [0.717, 1.165) is 0 Å². The fourth-order valence-electron chi connectivity index (χ4n) is 3.86. The molecular formula is C23H26F2N4O3S. The van der Waals surface area contributed by atoms with Gasteiger partial charge in [-0.1, -0.05) is 0 Å². The van der Waals surface area contributed by atoms with Crippen LogP contribution in [0, 0.1) is 11.6 Å². The van der Waals surface area contributed by atoms with E-state index in [9.17, 15) is 13.7 Å². The van der Waals surface area contributed by atoms with Crippen LogP contribution in [-0.2, 0) is 9.73 Å². The molecule has 1 aromatic heterocycles. The van der Waals surface area contributed by atoms with Crippen LogP contribution in [-0.4, -0.2) is 43.5 Å². The van der Waals surface area contributed by atoms with Crippen molar-refractivity contribution in [3.05, 3.63) is 48.3 Å². The van der Waals surface area contributed by atoms with Crippen molar-refractivity contribution in [2.24, 2.45) is 4.36 Å². The highest BCUT2D eigenvalue weighted by Gasteiger charge is 2.30. The van der Waals surface area contributed by atoms with E-state index in [1.807, 2.05) is 0 Å². The van der Waals surface area contributed by atoms with Crippen LogP contribution in [0.25, 0.3) is 10.9 Å². The third-order valence-electron chi connectivity index (χ3n) is 5.50. The normalized spacial score (nSPS) is 21.1. The zero-order chi connectivity index (χ0) is 23.8. The van der Waals surface area contributed by atoms with Crippen molar-refractivity contribution in [2.75, 3.05) is 17.8 Å². The zero-order valence-corrected chi connectivity index (χ0v) is 19.5. The lowest BCUT2D eigenvalue weighted by Crippen LogP contribution is -2.34. The summed E-state index contributed by atoms with van der Waals surface area (Å²) < 4.78 is 51.1. The van der Waals surface area contributed by atoms with Crippen LogP contribution in [0.3, 0.4) is 0 Å². The first-order valence-corrected chi connectivity index (χ1v) is 12.9. The third-order valence-corrected chi connectivity index (χ3v) is 6.15. The van der Waals surface area contributed by atoms with Crippen molar-refractivity contribution in [2.45, 2.75) is 44.3 Å². The number of anilines is 2. The summed E-state index contributed by atoms with van der Waals surface area (Å²) in [5.74, 6) is -0.638. The lowest BCUT2D eigenvalue weighted by Gasteiger charge is -2.33. The molecule has 0 radical (unpaired) electrons. The first kappa shape index (κ1) is 23.3. The molecule has 1 aliphatic carbocycles. The van der Waals surface area contributed by atoms with Crippen molar-refractivity contribution in [3.63, 3.8) is 0 Å². The molecule has 10 heteroatoms. The molecule has 0 spiro atoms. The number of fused-ring (bicyclic) bond motifs is 1. The minimum atomic E-state index is -2.47. The van der Waals surface area contributed by atoms with Gasteiger partial charge in [0.2, 0.25) is 0 Å². The summed E-state index contributed by atoms with van der Waals surface area (Å²) in [5.41, 5.74) is 0.216. The lowest BCUT2D eigenvalue weighted by molar-refractivity contribution is -0.0107. The van der Waals surface area contributed by atoms with Gasteiger partial charge in [-0.15, -0.1) is 0 Å². The highest BCUT2D eigenvalue weighted by molar-refractivity contribution is 7.92. The molecule has 0 bridgehead atoms. The SMILES string of the molecule is CC1(O)CCC(Oc2cc(F)ccc2Nc2ncnc3cc(N=S(C)(C)=O)cc(F)c23)CC1. The Balaban J connectivity index is 1.67. The quantitative estimate of drug-likeness (QED) is 0.533. The summed E-state index contributed by atoms with van der Waals surface area (Å²) in [7, 11) is -2.47. The van der Waals surface area contributed by atoms with Gasteiger partial charge < -0.3 is 15.2 Å². The van der Waals surface area contributed by atoms with Gasteiger partial charge in [-0.05, 0) is 50.8 Å². The molecular weight excluding hydrogens is 450 g/mol. The smallest absolute Gasteiger partial charge is 0.146 e. The standard InChI is InChI=1S/C23H26F2N4O3S/c1-23(30)8-6-16(7-9-23)32-20-10-14(24)4-5-18(20)28-22-21-17(25)11-15(29-33(2,3)31)12-19(21)26-13-27-22/h4-5,10-13,16,30H,6-9H2,1-3H3,(H,26,27,28). The summed E-state index contributed by atoms with van der Waals surface area (Å²) >= 11 is 0. The second-order valence-electron chi connectivity index (χ2n) is 8.90. The number of halogens is 2. The summed E-state index contributed by atoms with van der Waals surface area (Å²) in [5, 5.41) is 13.3. The van der Waals surface area contributed by atoms with E-state index in [4.69, 9.17) is 4.74 Å². The first-order valence-electron chi connectivity index (χ1n) is 10.6.